The molecule has 5 heterocycles. The molecule has 4 aromatic rings. The Morgan fingerprint density at radius 2 is 1.82 bits per heavy atom. The summed E-state index contributed by atoms with van der Waals surface area (Å²) in [6.45, 7) is 6.74. The van der Waals surface area contributed by atoms with E-state index in [9.17, 15) is 9.50 Å². The van der Waals surface area contributed by atoms with Gasteiger partial charge in [0.05, 0.1) is 24.2 Å². The Kier molecular flexibility index (Phi) is 9.19. The minimum atomic E-state index is -0.724. The van der Waals surface area contributed by atoms with Crippen molar-refractivity contribution in [3.05, 3.63) is 47.7 Å². The van der Waals surface area contributed by atoms with E-state index in [1.807, 2.05) is 0 Å². The lowest BCUT2D eigenvalue weighted by atomic mass is 9.75. The highest BCUT2D eigenvalue weighted by molar-refractivity contribution is 6.03. The molecule has 3 aliphatic heterocycles. The molecule has 262 valence electrons. The van der Waals surface area contributed by atoms with E-state index >= 15 is 4.39 Å². The Balaban J connectivity index is 1.18. The SMILES string of the molecule is C#Cc1c(F)ccc2cc(O)cc(-c3ncc4c(N5CCCOCC5)nc(OCC56CCCC5N(CC5CCOCC5)CCC6)nc4c3F)c12. The van der Waals surface area contributed by atoms with E-state index < -0.39 is 11.6 Å². The average Bonchev–Trinajstić information content (AvgIpc) is 3.38. The number of terminal acetylenes is 1. The molecular formula is C39H43F2N5O4. The molecule has 1 saturated carbocycles. The lowest BCUT2D eigenvalue weighted by molar-refractivity contribution is -0.0203. The second kappa shape index (κ2) is 13.9. The number of piperidine rings is 1. The first-order chi connectivity index (χ1) is 24.4. The second-order valence-corrected chi connectivity index (χ2v) is 14.3. The topological polar surface area (TPSA) is 93.1 Å². The van der Waals surface area contributed by atoms with Gasteiger partial charge in [-0.15, -0.1) is 6.42 Å². The molecule has 4 fully saturated rings. The summed E-state index contributed by atoms with van der Waals surface area (Å²) in [6, 6.07) is 6.12. The fraction of sp³-hybridized carbons (Fsp3) is 0.513. The Hall–Kier alpha value is -4.11. The number of halogens is 2. The molecule has 2 atom stereocenters. The van der Waals surface area contributed by atoms with E-state index in [2.05, 4.69) is 20.7 Å². The van der Waals surface area contributed by atoms with Gasteiger partial charge in [-0.3, -0.25) is 9.88 Å². The number of hydrogen-bond donors (Lipinski definition) is 1. The first-order valence-corrected chi connectivity index (χ1v) is 18.0. The summed E-state index contributed by atoms with van der Waals surface area (Å²) in [5, 5.41) is 11.8. The van der Waals surface area contributed by atoms with Crippen LogP contribution in [0.4, 0.5) is 14.6 Å². The number of anilines is 1. The molecule has 0 radical (unpaired) electrons. The number of nitrogens with zero attached hydrogens (tertiary/aromatic N) is 5. The predicted octanol–water partition coefficient (Wildman–Crippen LogP) is 6.48. The molecule has 3 saturated heterocycles. The number of pyridine rings is 1. The minimum absolute atomic E-state index is 0.0174. The van der Waals surface area contributed by atoms with E-state index in [-0.39, 0.29) is 39.5 Å². The molecule has 9 nitrogen and oxygen atoms in total. The lowest BCUT2D eigenvalue weighted by Gasteiger charge is -2.47. The van der Waals surface area contributed by atoms with Gasteiger partial charge in [0.15, 0.2) is 5.82 Å². The van der Waals surface area contributed by atoms with Crippen molar-refractivity contribution in [3.63, 3.8) is 0 Å². The number of phenols is 1. The van der Waals surface area contributed by atoms with Crippen molar-refractivity contribution in [1.29, 1.82) is 0 Å². The largest absolute Gasteiger partial charge is 0.508 e. The Labute approximate surface area is 291 Å². The van der Waals surface area contributed by atoms with Crippen LogP contribution in [-0.2, 0) is 9.47 Å². The maximum Gasteiger partial charge on any atom is 0.319 e. The van der Waals surface area contributed by atoms with Crippen molar-refractivity contribution in [2.24, 2.45) is 11.3 Å². The summed E-state index contributed by atoms with van der Waals surface area (Å²) < 4.78 is 49.8. The molecule has 50 heavy (non-hydrogen) atoms. The Bertz CT molecular complexity index is 1940. The van der Waals surface area contributed by atoms with Crippen molar-refractivity contribution in [1.82, 2.24) is 19.9 Å². The molecule has 1 aliphatic carbocycles. The van der Waals surface area contributed by atoms with Crippen molar-refractivity contribution < 1.29 is 28.1 Å². The van der Waals surface area contributed by atoms with Gasteiger partial charge in [0.2, 0.25) is 0 Å². The fourth-order valence-electron chi connectivity index (χ4n) is 8.93. The fourth-order valence-corrected chi connectivity index (χ4v) is 8.93. The number of fused-ring (bicyclic) bond motifs is 3. The molecule has 1 N–H and O–H groups in total. The molecule has 4 aliphatic rings. The zero-order valence-electron chi connectivity index (χ0n) is 28.3. The smallest absolute Gasteiger partial charge is 0.319 e. The van der Waals surface area contributed by atoms with Gasteiger partial charge in [0.25, 0.3) is 0 Å². The summed E-state index contributed by atoms with van der Waals surface area (Å²) >= 11 is 0. The zero-order chi connectivity index (χ0) is 34.2. The van der Waals surface area contributed by atoms with E-state index in [1.54, 1.807) is 6.20 Å². The molecule has 2 aromatic heterocycles. The zero-order valence-corrected chi connectivity index (χ0v) is 28.3. The average molecular weight is 684 g/mol. The van der Waals surface area contributed by atoms with Crippen LogP contribution in [0.25, 0.3) is 32.9 Å². The quantitative estimate of drug-likeness (QED) is 0.220. The van der Waals surface area contributed by atoms with Crippen LogP contribution >= 0.6 is 0 Å². The molecule has 0 bridgehead atoms. The van der Waals surface area contributed by atoms with Crippen LogP contribution in [0.2, 0.25) is 0 Å². The summed E-state index contributed by atoms with van der Waals surface area (Å²) in [6.07, 6.45) is 15.8. The van der Waals surface area contributed by atoms with Gasteiger partial charge in [-0.05, 0) is 81.0 Å². The van der Waals surface area contributed by atoms with Crippen molar-refractivity contribution in [3.8, 4) is 35.4 Å². The van der Waals surface area contributed by atoms with Gasteiger partial charge in [-0.2, -0.15) is 9.97 Å². The number of likely N-dealkylation sites (tertiary alicyclic amines) is 1. The normalized spacial score (nSPS) is 23.5. The third-order valence-electron chi connectivity index (χ3n) is 11.4. The Morgan fingerprint density at radius 1 is 0.980 bits per heavy atom. The van der Waals surface area contributed by atoms with Gasteiger partial charge in [-0.25, -0.2) is 8.78 Å². The van der Waals surface area contributed by atoms with Crippen LogP contribution in [0.3, 0.4) is 0 Å². The minimum Gasteiger partial charge on any atom is -0.508 e. The molecule has 11 heteroatoms. The van der Waals surface area contributed by atoms with Crippen molar-refractivity contribution in [2.45, 2.75) is 57.4 Å². The lowest BCUT2D eigenvalue weighted by Crippen LogP contribution is -2.53. The third kappa shape index (κ3) is 6.12. The van der Waals surface area contributed by atoms with Gasteiger partial charge in [0, 0.05) is 68.1 Å². The summed E-state index contributed by atoms with van der Waals surface area (Å²) in [4.78, 5) is 18.9. The van der Waals surface area contributed by atoms with Crippen LogP contribution in [0, 0.1) is 35.3 Å². The van der Waals surface area contributed by atoms with Crippen molar-refractivity contribution >= 4 is 27.5 Å². The first kappa shape index (κ1) is 33.1. The van der Waals surface area contributed by atoms with Gasteiger partial charge >= 0.3 is 6.01 Å². The predicted molar refractivity (Wildman–Crippen MR) is 187 cm³/mol. The highest BCUT2D eigenvalue weighted by Crippen LogP contribution is 2.48. The molecule has 0 amide bonds. The number of hydrogen-bond acceptors (Lipinski definition) is 9. The van der Waals surface area contributed by atoms with Crippen LogP contribution < -0.4 is 9.64 Å². The second-order valence-electron chi connectivity index (χ2n) is 14.3. The monoisotopic (exact) mass is 683 g/mol. The van der Waals surface area contributed by atoms with E-state index in [1.165, 1.54) is 24.3 Å². The summed E-state index contributed by atoms with van der Waals surface area (Å²) in [5.74, 6) is 2.14. The van der Waals surface area contributed by atoms with Crippen LogP contribution in [0.5, 0.6) is 11.8 Å². The van der Waals surface area contributed by atoms with E-state index in [0.29, 0.717) is 66.8 Å². The first-order valence-electron chi connectivity index (χ1n) is 18.0. The van der Waals surface area contributed by atoms with E-state index in [4.69, 9.17) is 30.6 Å². The van der Waals surface area contributed by atoms with E-state index in [0.717, 1.165) is 77.7 Å². The highest BCUT2D eigenvalue weighted by atomic mass is 19.1. The number of benzene rings is 2. The Morgan fingerprint density at radius 3 is 2.68 bits per heavy atom. The molecular weight excluding hydrogens is 640 g/mol. The summed E-state index contributed by atoms with van der Waals surface area (Å²) in [5.41, 5.74) is 0.0780. The number of aromatic nitrogens is 3. The van der Waals surface area contributed by atoms with Crippen LogP contribution in [0.1, 0.15) is 56.9 Å². The number of rotatable bonds is 7. The van der Waals surface area contributed by atoms with Crippen LogP contribution in [-0.4, -0.2) is 90.2 Å². The van der Waals surface area contributed by atoms with Crippen LogP contribution in [0.15, 0.2) is 30.5 Å². The maximum absolute atomic E-state index is 16.9. The van der Waals surface area contributed by atoms with Gasteiger partial charge in [0.1, 0.15) is 28.6 Å². The molecule has 0 spiro atoms. The standard InChI is InChI=1S/C39H43F2N5O4/c1-2-28-31(40)8-7-26-20-27(47)21-29(33(26)28)35-34(41)36-30(22-42-35)37(45-14-5-16-48-19-15-45)44-38(43-36)50-24-39-11-3-6-32(39)46(13-4-12-39)23-25-9-17-49-18-10-25/h1,7-8,20-22,25,32,47H,3-6,9-19,23-24H2. The van der Waals surface area contributed by atoms with Gasteiger partial charge < -0.3 is 24.2 Å². The molecule has 2 aromatic carbocycles. The third-order valence-corrected chi connectivity index (χ3v) is 11.4. The van der Waals surface area contributed by atoms with Gasteiger partial charge in [-0.1, -0.05) is 18.4 Å². The maximum atomic E-state index is 16.9. The van der Waals surface area contributed by atoms with Crippen molar-refractivity contribution in [2.75, 3.05) is 64.1 Å². The number of ether oxygens (including phenoxy) is 3. The number of phenolic OH excluding ortho intramolecular Hbond substituents is 1. The molecule has 8 rings (SSSR count). The molecule has 2 unspecified atom stereocenters. The highest BCUT2D eigenvalue weighted by Gasteiger charge is 2.49. The number of aromatic hydroxyl groups is 1. The summed E-state index contributed by atoms with van der Waals surface area (Å²) in [7, 11) is 0.